The van der Waals surface area contributed by atoms with Crippen molar-refractivity contribution in [2.75, 3.05) is 31.2 Å². The number of carbonyl (C=O) groups excluding carboxylic acids is 1. The van der Waals surface area contributed by atoms with E-state index in [4.69, 9.17) is 4.74 Å². The van der Waals surface area contributed by atoms with Crippen molar-refractivity contribution in [2.24, 2.45) is 0 Å². The Morgan fingerprint density at radius 1 is 1.10 bits per heavy atom. The third-order valence-electron chi connectivity index (χ3n) is 3.80. The second-order valence-corrected chi connectivity index (χ2v) is 8.10. The molecule has 0 aromatic heterocycles. The summed E-state index contributed by atoms with van der Waals surface area (Å²) in [7, 11) is 0. The molecular formula is C16H21NO2S2. The summed E-state index contributed by atoms with van der Waals surface area (Å²) < 4.78 is 6.17. The number of likely N-dealkylation sites (tertiary alicyclic amines) is 1. The van der Waals surface area contributed by atoms with Crippen LogP contribution in [0, 0.1) is 0 Å². The summed E-state index contributed by atoms with van der Waals surface area (Å²) in [4.78, 5) is 13.8. The second-order valence-electron chi connectivity index (χ2n) is 5.37. The van der Waals surface area contributed by atoms with Gasteiger partial charge in [-0.1, -0.05) is 12.1 Å². The fraction of sp³-hybridized carbons (Fsp3) is 0.562. The molecule has 0 spiro atoms. The molecule has 21 heavy (non-hydrogen) atoms. The Labute approximate surface area is 134 Å². The quantitative estimate of drug-likeness (QED) is 0.847. The SMILES string of the molecule is O=C(COc1ccc(C2SCCCS2)cc1)N1CCCC1. The standard InChI is InChI=1S/C16H21NO2S2/c18-15(17-8-1-2-9-17)12-19-14-6-4-13(5-7-14)16-20-10-3-11-21-16/h4-7,16H,1-3,8-12H2. The van der Waals surface area contributed by atoms with Crippen molar-refractivity contribution in [2.45, 2.75) is 23.8 Å². The minimum absolute atomic E-state index is 0.106. The largest absolute Gasteiger partial charge is 0.484 e. The molecule has 0 aliphatic carbocycles. The normalized spacial score (nSPS) is 19.7. The monoisotopic (exact) mass is 323 g/mol. The fourth-order valence-corrected chi connectivity index (χ4v) is 5.50. The lowest BCUT2D eigenvalue weighted by Crippen LogP contribution is -2.32. The summed E-state index contributed by atoms with van der Waals surface area (Å²) in [6.45, 7) is 1.93. The van der Waals surface area contributed by atoms with Gasteiger partial charge in [0.15, 0.2) is 6.61 Å². The van der Waals surface area contributed by atoms with Gasteiger partial charge in [0.05, 0.1) is 4.58 Å². The number of amides is 1. The number of hydrogen-bond acceptors (Lipinski definition) is 4. The van der Waals surface area contributed by atoms with Crippen molar-refractivity contribution in [3.63, 3.8) is 0 Å². The summed E-state index contributed by atoms with van der Waals surface area (Å²) in [5.41, 5.74) is 1.35. The lowest BCUT2D eigenvalue weighted by molar-refractivity contribution is -0.132. The molecular weight excluding hydrogens is 302 g/mol. The van der Waals surface area contributed by atoms with Crippen LogP contribution in [0.4, 0.5) is 0 Å². The number of hydrogen-bond donors (Lipinski definition) is 0. The molecule has 2 saturated heterocycles. The third-order valence-corrected chi connectivity index (χ3v) is 6.82. The van der Waals surface area contributed by atoms with Gasteiger partial charge in [-0.2, -0.15) is 0 Å². The first-order chi connectivity index (χ1) is 10.3. The molecule has 1 amide bonds. The van der Waals surface area contributed by atoms with Gasteiger partial charge in [0.2, 0.25) is 0 Å². The molecule has 2 aliphatic rings. The highest BCUT2D eigenvalue weighted by Gasteiger charge is 2.19. The number of carbonyl (C=O) groups is 1. The smallest absolute Gasteiger partial charge is 0.260 e. The summed E-state index contributed by atoms with van der Waals surface area (Å²) in [5.74, 6) is 3.40. The lowest BCUT2D eigenvalue weighted by atomic mass is 10.2. The topological polar surface area (TPSA) is 29.5 Å². The zero-order valence-electron chi connectivity index (χ0n) is 12.1. The Bertz CT molecular complexity index is 466. The van der Waals surface area contributed by atoms with Crippen LogP contribution in [0.3, 0.4) is 0 Å². The van der Waals surface area contributed by atoms with E-state index in [2.05, 4.69) is 12.1 Å². The van der Waals surface area contributed by atoms with Gasteiger partial charge in [0.1, 0.15) is 5.75 Å². The van der Waals surface area contributed by atoms with Crippen LogP contribution >= 0.6 is 23.5 Å². The average Bonchev–Trinajstić information content (AvgIpc) is 3.08. The van der Waals surface area contributed by atoms with Crippen molar-refractivity contribution in [3.05, 3.63) is 29.8 Å². The van der Waals surface area contributed by atoms with E-state index in [0.29, 0.717) is 4.58 Å². The Morgan fingerprint density at radius 3 is 2.43 bits per heavy atom. The minimum atomic E-state index is 0.106. The van der Waals surface area contributed by atoms with Crippen LogP contribution in [-0.4, -0.2) is 42.0 Å². The molecule has 0 bridgehead atoms. The first kappa shape index (κ1) is 15.1. The molecule has 114 valence electrons. The summed E-state index contributed by atoms with van der Waals surface area (Å²) in [6, 6.07) is 8.24. The molecule has 2 heterocycles. The van der Waals surface area contributed by atoms with E-state index in [1.165, 1.54) is 23.5 Å². The first-order valence-electron chi connectivity index (χ1n) is 7.57. The molecule has 0 unspecified atom stereocenters. The van der Waals surface area contributed by atoms with Crippen molar-refractivity contribution < 1.29 is 9.53 Å². The predicted octanol–water partition coefficient (Wildman–Crippen LogP) is 3.56. The Morgan fingerprint density at radius 2 is 1.76 bits per heavy atom. The van der Waals surface area contributed by atoms with Gasteiger partial charge in [-0.3, -0.25) is 4.79 Å². The van der Waals surface area contributed by atoms with Gasteiger partial charge in [-0.25, -0.2) is 0 Å². The Balaban J connectivity index is 1.50. The Kier molecular flexibility index (Phi) is 5.36. The van der Waals surface area contributed by atoms with Crippen LogP contribution in [0.25, 0.3) is 0 Å². The lowest BCUT2D eigenvalue weighted by Gasteiger charge is -2.21. The maximum Gasteiger partial charge on any atom is 0.260 e. The number of rotatable bonds is 4. The second kappa shape index (κ2) is 7.45. The molecule has 0 N–H and O–H groups in total. The van der Waals surface area contributed by atoms with Gasteiger partial charge < -0.3 is 9.64 Å². The maximum atomic E-state index is 11.9. The van der Waals surface area contributed by atoms with Crippen molar-refractivity contribution >= 4 is 29.4 Å². The number of ether oxygens (including phenoxy) is 1. The third kappa shape index (κ3) is 4.10. The van der Waals surface area contributed by atoms with E-state index < -0.39 is 0 Å². The number of benzene rings is 1. The van der Waals surface area contributed by atoms with Gasteiger partial charge in [-0.05, 0) is 48.5 Å². The van der Waals surface area contributed by atoms with Gasteiger partial charge in [0, 0.05) is 13.1 Å². The highest BCUT2D eigenvalue weighted by molar-refractivity contribution is 8.16. The average molecular weight is 323 g/mol. The van der Waals surface area contributed by atoms with Crippen LogP contribution in [0.5, 0.6) is 5.75 Å². The molecule has 2 fully saturated rings. The van der Waals surface area contributed by atoms with Crippen LogP contribution in [0.2, 0.25) is 0 Å². The molecule has 2 aliphatic heterocycles. The fourth-order valence-electron chi connectivity index (χ4n) is 2.60. The van der Waals surface area contributed by atoms with Crippen molar-refractivity contribution in [1.82, 2.24) is 4.90 Å². The van der Waals surface area contributed by atoms with Crippen LogP contribution in [0.15, 0.2) is 24.3 Å². The van der Waals surface area contributed by atoms with E-state index in [9.17, 15) is 4.79 Å². The zero-order chi connectivity index (χ0) is 14.5. The van der Waals surface area contributed by atoms with E-state index in [0.717, 1.165) is 31.7 Å². The zero-order valence-corrected chi connectivity index (χ0v) is 13.8. The molecule has 1 aromatic rings. The highest BCUT2D eigenvalue weighted by atomic mass is 32.2. The minimum Gasteiger partial charge on any atom is -0.484 e. The van der Waals surface area contributed by atoms with Crippen LogP contribution in [-0.2, 0) is 4.79 Å². The van der Waals surface area contributed by atoms with Gasteiger partial charge in [0.25, 0.3) is 5.91 Å². The summed E-state index contributed by atoms with van der Waals surface area (Å²) in [6.07, 6.45) is 3.56. The van der Waals surface area contributed by atoms with E-state index >= 15 is 0 Å². The highest BCUT2D eigenvalue weighted by Crippen LogP contribution is 2.43. The molecule has 0 atom stereocenters. The van der Waals surface area contributed by atoms with Crippen LogP contribution < -0.4 is 4.74 Å². The number of nitrogens with zero attached hydrogens (tertiary/aromatic N) is 1. The number of thioether (sulfide) groups is 2. The summed E-state index contributed by atoms with van der Waals surface area (Å²) in [5, 5.41) is 0. The van der Waals surface area contributed by atoms with Crippen molar-refractivity contribution in [1.29, 1.82) is 0 Å². The predicted molar refractivity (Wildman–Crippen MR) is 90.0 cm³/mol. The summed E-state index contributed by atoms with van der Waals surface area (Å²) >= 11 is 4.04. The van der Waals surface area contributed by atoms with E-state index in [-0.39, 0.29) is 12.5 Å². The molecule has 0 radical (unpaired) electrons. The van der Waals surface area contributed by atoms with Crippen molar-refractivity contribution in [3.8, 4) is 5.75 Å². The Hall–Kier alpha value is -0.810. The first-order valence-corrected chi connectivity index (χ1v) is 9.66. The molecule has 5 heteroatoms. The molecule has 3 nitrogen and oxygen atoms in total. The van der Waals surface area contributed by atoms with Crippen LogP contribution in [0.1, 0.15) is 29.4 Å². The molecule has 0 saturated carbocycles. The van der Waals surface area contributed by atoms with E-state index in [1.807, 2.05) is 40.6 Å². The molecule has 1 aromatic carbocycles. The van der Waals surface area contributed by atoms with Gasteiger partial charge in [-0.15, -0.1) is 23.5 Å². The van der Waals surface area contributed by atoms with Gasteiger partial charge >= 0.3 is 0 Å². The maximum absolute atomic E-state index is 11.9. The molecule has 3 rings (SSSR count). The van der Waals surface area contributed by atoms with E-state index in [1.54, 1.807) is 0 Å².